The fourth-order valence-corrected chi connectivity index (χ4v) is 3.62. The molecular weight excluding hydrogens is 280 g/mol. The maximum atomic E-state index is 12.2. The van der Waals surface area contributed by atoms with Gasteiger partial charge in [0.1, 0.15) is 5.02 Å². The molecular formula is C10H13ClN2O4S. The van der Waals surface area contributed by atoms with Crippen molar-refractivity contribution in [2.45, 2.75) is 23.8 Å². The van der Waals surface area contributed by atoms with Gasteiger partial charge in [0.2, 0.25) is 10.0 Å². The summed E-state index contributed by atoms with van der Waals surface area (Å²) in [6.07, 6.45) is 1.67. The SMILES string of the molecule is O=c1[nH]cc(S(=O)(=O)N2CCCC(O)C2)cc1Cl. The number of nitrogens with one attached hydrogen (secondary N) is 1. The van der Waals surface area contributed by atoms with Crippen LogP contribution in [0.15, 0.2) is 22.0 Å². The number of piperidine rings is 1. The number of H-pyrrole nitrogens is 1. The van der Waals surface area contributed by atoms with Gasteiger partial charge in [-0.1, -0.05) is 11.6 Å². The maximum absolute atomic E-state index is 12.2. The molecule has 18 heavy (non-hydrogen) atoms. The predicted molar refractivity (Wildman–Crippen MR) is 66.1 cm³/mol. The van der Waals surface area contributed by atoms with Crippen molar-refractivity contribution >= 4 is 21.6 Å². The number of aliphatic hydroxyl groups excluding tert-OH is 1. The lowest BCUT2D eigenvalue weighted by Crippen LogP contribution is -2.42. The van der Waals surface area contributed by atoms with E-state index in [1.54, 1.807) is 0 Å². The van der Waals surface area contributed by atoms with Crippen LogP contribution >= 0.6 is 11.6 Å². The molecule has 0 aromatic carbocycles. The van der Waals surface area contributed by atoms with Crippen LogP contribution in [-0.4, -0.2) is 42.0 Å². The third-order valence-electron chi connectivity index (χ3n) is 2.83. The Morgan fingerprint density at radius 1 is 1.50 bits per heavy atom. The molecule has 1 fully saturated rings. The van der Waals surface area contributed by atoms with Crippen LogP contribution in [0.5, 0.6) is 0 Å². The Bertz CT molecular complexity index is 598. The lowest BCUT2D eigenvalue weighted by atomic mass is 10.1. The van der Waals surface area contributed by atoms with Gasteiger partial charge in [-0.05, 0) is 18.9 Å². The summed E-state index contributed by atoms with van der Waals surface area (Å²) in [5.41, 5.74) is -0.533. The van der Waals surface area contributed by atoms with Crippen LogP contribution in [0.2, 0.25) is 5.02 Å². The molecule has 1 atom stereocenters. The van der Waals surface area contributed by atoms with Crippen LogP contribution in [0, 0.1) is 0 Å². The first-order valence-electron chi connectivity index (χ1n) is 5.47. The van der Waals surface area contributed by atoms with Crippen LogP contribution in [0.25, 0.3) is 0 Å². The quantitative estimate of drug-likeness (QED) is 0.813. The molecule has 0 bridgehead atoms. The van der Waals surface area contributed by atoms with Crippen molar-refractivity contribution in [2.24, 2.45) is 0 Å². The molecule has 1 aromatic heterocycles. The fourth-order valence-electron chi connectivity index (χ4n) is 1.87. The summed E-state index contributed by atoms with van der Waals surface area (Å²) in [5, 5.41) is 9.33. The number of aromatic amines is 1. The van der Waals surface area contributed by atoms with Gasteiger partial charge in [-0.25, -0.2) is 8.42 Å². The number of sulfonamides is 1. The van der Waals surface area contributed by atoms with E-state index in [9.17, 15) is 18.3 Å². The van der Waals surface area contributed by atoms with Gasteiger partial charge in [-0.2, -0.15) is 4.31 Å². The lowest BCUT2D eigenvalue weighted by molar-refractivity contribution is 0.108. The molecule has 6 nitrogen and oxygen atoms in total. The summed E-state index contributed by atoms with van der Waals surface area (Å²) in [6, 6.07) is 1.12. The molecule has 0 saturated carbocycles. The van der Waals surface area contributed by atoms with Crippen molar-refractivity contribution in [2.75, 3.05) is 13.1 Å². The minimum Gasteiger partial charge on any atom is -0.392 e. The van der Waals surface area contributed by atoms with Crippen molar-refractivity contribution in [3.8, 4) is 0 Å². The summed E-state index contributed by atoms with van der Waals surface area (Å²) in [6.45, 7) is 0.426. The highest BCUT2D eigenvalue weighted by Crippen LogP contribution is 2.20. The van der Waals surface area contributed by atoms with Crippen molar-refractivity contribution in [3.63, 3.8) is 0 Å². The van der Waals surface area contributed by atoms with Gasteiger partial charge < -0.3 is 10.1 Å². The number of halogens is 1. The first-order chi connectivity index (χ1) is 8.41. The molecule has 1 aliphatic rings. The highest BCUT2D eigenvalue weighted by atomic mass is 35.5. The largest absolute Gasteiger partial charge is 0.392 e. The van der Waals surface area contributed by atoms with Crippen molar-refractivity contribution in [1.82, 2.24) is 9.29 Å². The number of β-amino-alcohol motifs (C(OH)–C–C–N with tert-alkyl or cyclic N) is 1. The van der Waals surface area contributed by atoms with E-state index in [0.29, 0.717) is 19.4 Å². The van der Waals surface area contributed by atoms with Crippen LogP contribution in [0.4, 0.5) is 0 Å². The standard InChI is InChI=1S/C10H13ClN2O4S/c11-9-4-8(5-12-10(9)15)18(16,17)13-3-1-2-7(14)6-13/h4-5,7,14H,1-3,6H2,(H,12,15). The average Bonchev–Trinajstić information content (AvgIpc) is 2.32. The third kappa shape index (κ3) is 2.59. The summed E-state index contributed by atoms with van der Waals surface area (Å²) in [4.78, 5) is 13.3. The lowest BCUT2D eigenvalue weighted by Gasteiger charge is -2.29. The molecule has 100 valence electrons. The normalized spacial score (nSPS) is 22.0. The van der Waals surface area contributed by atoms with Crippen LogP contribution in [0.3, 0.4) is 0 Å². The minimum atomic E-state index is -3.72. The fraction of sp³-hybridized carbons (Fsp3) is 0.500. The number of hydrogen-bond acceptors (Lipinski definition) is 4. The molecule has 0 aliphatic carbocycles. The molecule has 1 saturated heterocycles. The molecule has 2 heterocycles. The molecule has 1 unspecified atom stereocenters. The zero-order valence-corrected chi connectivity index (χ0v) is 11.0. The van der Waals surface area contributed by atoms with Crippen LogP contribution in [0.1, 0.15) is 12.8 Å². The molecule has 2 N–H and O–H groups in total. The van der Waals surface area contributed by atoms with E-state index in [-0.39, 0.29) is 16.5 Å². The van der Waals surface area contributed by atoms with Crippen molar-refractivity contribution < 1.29 is 13.5 Å². The highest BCUT2D eigenvalue weighted by molar-refractivity contribution is 7.89. The van der Waals surface area contributed by atoms with Gasteiger partial charge in [-0.15, -0.1) is 0 Å². The van der Waals surface area contributed by atoms with E-state index in [1.807, 2.05) is 0 Å². The van der Waals surface area contributed by atoms with E-state index in [0.717, 1.165) is 12.3 Å². The topological polar surface area (TPSA) is 90.5 Å². The second kappa shape index (κ2) is 5.00. The average molecular weight is 293 g/mol. The van der Waals surface area contributed by atoms with Crippen molar-refractivity contribution in [3.05, 3.63) is 27.6 Å². The molecule has 2 rings (SSSR count). The van der Waals surface area contributed by atoms with E-state index in [4.69, 9.17) is 11.6 Å². The van der Waals surface area contributed by atoms with Crippen LogP contribution in [-0.2, 0) is 10.0 Å². The molecule has 0 radical (unpaired) electrons. The van der Waals surface area contributed by atoms with Gasteiger partial charge >= 0.3 is 0 Å². The summed E-state index contributed by atoms with van der Waals surface area (Å²) in [7, 11) is -3.72. The maximum Gasteiger partial charge on any atom is 0.266 e. The van der Waals surface area contributed by atoms with Crippen molar-refractivity contribution in [1.29, 1.82) is 0 Å². The molecule has 1 aliphatic heterocycles. The number of nitrogens with zero attached hydrogens (tertiary/aromatic N) is 1. The number of rotatable bonds is 2. The number of pyridine rings is 1. The number of aliphatic hydroxyl groups is 1. The minimum absolute atomic E-state index is 0.0683. The second-order valence-electron chi connectivity index (χ2n) is 4.17. The summed E-state index contributed by atoms with van der Waals surface area (Å²) in [5.74, 6) is 0. The van der Waals surface area contributed by atoms with Gasteiger partial charge in [-0.3, -0.25) is 4.79 Å². The third-order valence-corrected chi connectivity index (χ3v) is 4.95. The van der Waals surface area contributed by atoms with E-state index < -0.39 is 21.7 Å². The summed E-state index contributed by atoms with van der Waals surface area (Å²) >= 11 is 5.61. The predicted octanol–water partition coefficient (Wildman–Crippen LogP) is 0.174. The molecule has 1 aromatic rings. The van der Waals surface area contributed by atoms with Gasteiger partial charge in [0.15, 0.2) is 0 Å². The second-order valence-corrected chi connectivity index (χ2v) is 6.52. The Kier molecular flexibility index (Phi) is 3.76. The Hall–Kier alpha value is -0.890. The Morgan fingerprint density at radius 2 is 2.22 bits per heavy atom. The monoisotopic (exact) mass is 292 g/mol. The number of aromatic nitrogens is 1. The van der Waals surface area contributed by atoms with Crippen LogP contribution < -0.4 is 5.56 Å². The summed E-state index contributed by atoms with van der Waals surface area (Å²) < 4.78 is 25.7. The molecule has 0 amide bonds. The smallest absolute Gasteiger partial charge is 0.266 e. The molecule has 8 heteroatoms. The Morgan fingerprint density at radius 3 is 2.83 bits per heavy atom. The van der Waals surface area contributed by atoms with E-state index in [2.05, 4.69) is 4.98 Å². The first-order valence-corrected chi connectivity index (χ1v) is 7.29. The van der Waals surface area contributed by atoms with E-state index in [1.165, 1.54) is 4.31 Å². The first kappa shape index (κ1) is 13.5. The highest BCUT2D eigenvalue weighted by Gasteiger charge is 2.29. The zero-order valence-electron chi connectivity index (χ0n) is 9.47. The Labute approximate surface area is 109 Å². The van der Waals surface area contributed by atoms with Gasteiger partial charge in [0.25, 0.3) is 5.56 Å². The van der Waals surface area contributed by atoms with Gasteiger partial charge in [0.05, 0.1) is 11.0 Å². The Balaban J connectivity index is 2.35. The van der Waals surface area contributed by atoms with Gasteiger partial charge in [0, 0.05) is 19.3 Å². The molecule has 0 spiro atoms. The van der Waals surface area contributed by atoms with E-state index >= 15 is 0 Å². The number of hydrogen-bond donors (Lipinski definition) is 2. The zero-order chi connectivity index (χ0) is 13.3.